The first-order valence-corrected chi connectivity index (χ1v) is 16.2. The number of likely N-dealkylation sites (N-methyl/N-ethyl adjacent to an activating group) is 1. The van der Waals surface area contributed by atoms with Gasteiger partial charge in [-0.2, -0.15) is 0 Å². The Hall–Kier alpha value is -2.69. The van der Waals surface area contributed by atoms with E-state index in [2.05, 4.69) is 47.4 Å². The molecular weight excluding hydrogens is 560 g/mol. The van der Waals surface area contributed by atoms with Gasteiger partial charge in [0.1, 0.15) is 19.0 Å². The van der Waals surface area contributed by atoms with Gasteiger partial charge in [-0.25, -0.2) is 0 Å². The predicted molar refractivity (Wildman–Crippen MR) is 171 cm³/mol. The molecule has 0 saturated heterocycles. The molecule has 1 aliphatic heterocycles. The Morgan fingerprint density at radius 2 is 1.66 bits per heavy atom. The van der Waals surface area contributed by atoms with Gasteiger partial charge in [-0.3, -0.25) is 4.79 Å². The van der Waals surface area contributed by atoms with Crippen molar-refractivity contribution in [3.8, 4) is 5.75 Å². The van der Waals surface area contributed by atoms with Crippen LogP contribution in [0.25, 0.3) is 0 Å². The van der Waals surface area contributed by atoms with Gasteiger partial charge in [0.25, 0.3) is 0 Å². The maximum Gasteiger partial charge on any atom is 0.248 e. The van der Waals surface area contributed by atoms with Crippen LogP contribution in [-0.2, 0) is 41.7 Å². The Morgan fingerprint density at radius 1 is 0.932 bits per heavy atom. The summed E-state index contributed by atoms with van der Waals surface area (Å²) in [5, 5.41) is 0. The fourth-order valence-electron chi connectivity index (χ4n) is 5.96. The molecule has 2 aromatic carbocycles. The standard InChI is InChI=1S/C35H52N2O7/c1-5-36(2)34(38)26-44-33-10-6-9-32(35(33)29-14-11-27(12-15-29)24-41-21-8-20-40-4)43-25-28-13-16-31-30(23-28)37(18-22-42-31)17-7-19-39-3/h11-16,23,32-33,35H,5-10,17-22,24-26H2,1-4H3/t32-,33+,35+/m0/s1. The van der Waals surface area contributed by atoms with Crippen molar-refractivity contribution in [3.63, 3.8) is 0 Å². The third kappa shape index (κ3) is 9.91. The number of carbonyl (C=O) groups is 1. The van der Waals surface area contributed by atoms with Crippen LogP contribution in [0.4, 0.5) is 5.69 Å². The second kappa shape index (κ2) is 18.3. The number of rotatable bonds is 18. The summed E-state index contributed by atoms with van der Waals surface area (Å²) in [6.45, 7) is 8.37. The van der Waals surface area contributed by atoms with Crippen LogP contribution >= 0.6 is 0 Å². The highest BCUT2D eigenvalue weighted by Gasteiger charge is 2.36. The highest BCUT2D eigenvalue weighted by molar-refractivity contribution is 5.77. The van der Waals surface area contributed by atoms with E-state index >= 15 is 0 Å². The van der Waals surface area contributed by atoms with Crippen LogP contribution in [0.5, 0.6) is 5.75 Å². The SMILES string of the molecule is CCN(C)C(=O)CO[C@@H]1CCC[C@H](OCc2ccc3c(c2)N(CCCOC)CCO3)[C@H]1c1ccc(COCCCOC)cc1. The molecule has 0 radical (unpaired) electrons. The Morgan fingerprint density at radius 3 is 2.41 bits per heavy atom. The van der Waals surface area contributed by atoms with Gasteiger partial charge in [0.15, 0.2) is 0 Å². The van der Waals surface area contributed by atoms with E-state index in [0.717, 1.165) is 74.4 Å². The summed E-state index contributed by atoms with van der Waals surface area (Å²) in [6.07, 6.45) is 4.53. The van der Waals surface area contributed by atoms with E-state index in [1.807, 2.05) is 14.0 Å². The third-order valence-corrected chi connectivity index (χ3v) is 8.59. The molecule has 3 atom stereocenters. The lowest BCUT2D eigenvalue weighted by molar-refractivity contribution is -0.140. The summed E-state index contributed by atoms with van der Waals surface area (Å²) in [5.41, 5.74) is 4.53. The lowest BCUT2D eigenvalue weighted by Gasteiger charge is -2.38. The van der Waals surface area contributed by atoms with Crippen LogP contribution in [0.1, 0.15) is 61.6 Å². The van der Waals surface area contributed by atoms with E-state index in [1.54, 1.807) is 19.1 Å². The van der Waals surface area contributed by atoms with E-state index in [-0.39, 0.29) is 30.6 Å². The van der Waals surface area contributed by atoms with Crippen molar-refractivity contribution in [1.82, 2.24) is 4.90 Å². The zero-order chi connectivity index (χ0) is 31.1. The van der Waals surface area contributed by atoms with Crippen molar-refractivity contribution in [2.75, 3.05) is 78.8 Å². The summed E-state index contributed by atoms with van der Waals surface area (Å²) in [5.74, 6) is 0.944. The molecule has 244 valence electrons. The molecule has 1 amide bonds. The van der Waals surface area contributed by atoms with Crippen molar-refractivity contribution in [1.29, 1.82) is 0 Å². The van der Waals surface area contributed by atoms with Gasteiger partial charge in [-0.15, -0.1) is 0 Å². The fraction of sp³-hybridized carbons (Fsp3) is 0.629. The van der Waals surface area contributed by atoms with Crippen LogP contribution in [0.3, 0.4) is 0 Å². The van der Waals surface area contributed by atoms with E-state index in [4.69, 9.17) is 28.4 Å². The van der Waals surface area contributed by atoms with Crippen LogP contribution in [0, 0.1) is 0 Å². The quantitative estimate of drug-likeness (QED) is 0.213. The average molecular weight is 613 g/mol. The number of benzene rings is 2. The lowest BCUT2D eigenvalue weighted by Crippen LogP contribution is -2.40. The molecule has 0 aromatic heterocycles. The molecule has 1 heterocycles. The van der Waals surface area contributed by atoms with Crippen LogP contribution in [0.15, 0.2) is 42.5 Å². The van der Waals surface area contributed by atoms with Crippen molar-refractivity contribution >= 4 is 11.6 Å². The van der Waals surface area contributed by atoms with Gasteiger partial charge in [-0.05, 0) is 67.9 Å². The molecule has 44 heavy (non-hydrogen) atoms. The second-order valence-electron chi connectivity index (χ2n) is 11.7. The van der Waals surface area contributed by atoms with Crippen molar-refractivity contribution in [2.24, 2.45) is 0 Å². The first kappa shape index (κ1) is 34.2. The minimum Gasteiger partial charge on any atom is -0.490 e. The highest BCUT2D eigenvalue weighted by Crippen LogP contribution is 2.39. The summed E-state index contributed by atoms with van der Waals surface area (Å²) in [6, 6.07) is 15.0. The molecule has 0 unspecified atom stereocenters. The molecule has 0 N–H and O–H groups in total. The number of methoxy groups -OCH3 is 2. The van der Waals surface area contributed by atoms with Gasteiger partial charge in [0.2, 0.25) is 5.91 Å². The third-order valence-electron chi connectivity index (χ3n) is 8.59. The Balaban J connectivity index is 1.46. The van der Waals surface area contributed by atoms with Gasteiger partial charge in [0, 0.05) is 60.1 Å². The van der Waals surface area contributed by atoms with E-state index in [1.165, 1.54) is 5.56 Å². The summed E-state index contributed by atoms with van der Waals surface area (Å²) < 4.78 is 35.2. The van der Waals surface area contributed by atoms with Crippen LogP contribution in [-0.4, -0.2) is 97.0 Å². The van der Waals surface area contributed by atoms with Gasteiger partial charge in [-0.1, -0.05) is 30.3 Å². The molecular formula is C35H52N2O7. The topological polar surface area (TPSA) is 78.9 Å². The first-order valence-electron chi connectivity index (χ1n) is 16.2. The van der Waals surface area contributed by atoms with Gasteiger partial charge in [0.05, 0.1) is 37.7 Å². The molecule has 9 heteroatoms. The van der Waals surface area contributed by atoms with E-state index in [9.17, 15) is 4.79 Å². The molecule has 1 aliphatic carbocycles. The molecule has 4 rings (SSSR count). The Kier molecular flexibility index (Phi) is 14.2. The van der Waals surface area contributed by atoms with E-state index < -0.39 is 0 Å². The van der Waals surface area contributed by atoms with Crippen molar-refractivity contribution < 1.29 is 33.2 Å². The smallest absolute Gasteiger partial charge is 0.248 e. The normalized spacial score (nSPS) is 19.8. The predicted octanol–water partition coefficient (Wildman–Crippen LogP) is 5.19. The zero-order valence-corrected chi connectivity index (χ0v) is 27.1. The molecule has 2 aliphatic rings. The van der Waals surface area contributed by atoms with E-state index in [0.29, 0.717) is 39.6 Å². The average Bonchev–Trinajstić information content (AvgIpc) is 3.06. The maximum absolute atomic E-state index is 12.6. The molecule has 9 nitrogen and oxygen atoms in total. The number of nitrogens with zero attached hydrogens (tertiary/aromatic N) is 2. The number of fused-ring (bicyclic) bond motifs is 1. The first-order chi connectivity index (χ1) is 21.5. The number of ether oxygens (including phenoxy) is 6. The van der Waals surface area contributed by atoms with Crippen LogP contribution in [0.2, 0.25) is 0 Å². The number of hydrogen-bond acceptors (Lipinski definition) is 8. The van der Waals surface area contributed by atoms with Crippen molar-refractivity contribution in [3.05, 3.63) is 59.2 Å². The van der Waals surface area contributed by atoms with Gasteiger partial charge < -0.3 is 38.2 Å². The van der Waals surface area contributed by atoms with Gasteiger partial charge >= 0.3 is 0 Å². The fourth-order valence-corrected chi connectivity index (χ4v) is 5.96. The molecule has 1 fully saturated rings. The number of anilines is 1. The summed E-state index contributed by atoms with van der Waals surface area (Å²) in [4.78, 5) is 16.7. The summed E-state index contributed by atoms with van der Waals surface area (Å²) >= 11 is 0. The summed E-state index contributed by atoms with van der Waals surface area (Å²) in [7, 11) is 5.26. The maximum atomic E-state index is 12.6. The molecule has 0 bridgehead atoms. The number of carbonyl (C=O) groups excluding carboxylic acids is 1. The molecule has 0 spiro atoms. The highest BCUT2D eigenvalue weighted by atomic mass is 16.5. The minimum atomic E-state index is -0.104. The number of hydrogen-bond donors (Lipinski definition) is 0. The Labute approximate surface area is 263 Å². The minimum absolute atomic E-state index is 0.00148. The number of amides is 1. The second-order valence-corrected chi connectivity index (χ2v) is 11.7. The lowest BCUT2D eigenvalue weighted by atomic mass is 9.79. The van der Waals surface area contributed by atoms with Crippen molar-refractivity contribution in [2.45, 2.75) is 70.4 Å². The molecule has 2 aromatic rings. The zero-order valence-electron chi connectivity index (χ0n) is 27.1. The largest absolute Gasteiger partial charge is 0.490 e. The monoisotopic (exact) mass is 612 g/mol. The van der Waals surface area contributed by atoms with Crippen LogP contribution < -0.4 is 9.64 Å². The molecule has 1 saturated carbocycles. The Bertz CT molecular complexity index is 1130.